The third-order valence-corrected chi connectivity index (χ3v) is 8.38. The van der Waals surface area contributed by atoms with Gasteiger partial charge in [0.25, 0.3) is 5.91 Å². The minimum absolute atomic E-state index is 0.0828. The highest BCUT2D eigenvalue weighted by Gasteiger charge is 2.26. The van der Waals surface area contributed by atoms with Gasteiger partial charge in [0.05, 0.1) is 4.90 Å². The highest BCUT2D eigenvalue weighted by Crippen LogP contribution is 2.26. The number of piperazine rings is 1. The summed E-state index contributed by atoms with van der Waals surface area (Å²) in [6.45, 7) is 6.86. The lowest BCUT2D eigenvalue weighted by molar-refractivity contribution is 0.0737. The first-order chi connectivity index (χ1) is 15.8. The zero-order valence-corrected chi connectivity index (χ0v) is 20.0. The van der Waals surface area contributed by atoms with Crippen molar-refractivity contribution in [2.24, 2.45) is 7.05 Å². The van der Waals surface area contributed by atoms with E-state index in [4.69, 9.17) is 0 Å². The second-order valence-electron chi connectivity index (χ2n) is 8.15. The summed E-state index contributed by atoms with van der Waals surface area (Å²) >= 11 is 0. The second-order valence-corrected chi connectivity index (χ2v) is 10.1. The Bertz CT molecular complexity index is 1260. The first kappa shape index (κ1) is 23.3. The van der Waals surface area contributed by atoms with Gasteiger partial charge in [-0.1, -0.05) is 13.8 Å². The van der Waals surface area contributed by atoms with Crippen LogP contribution in [0, 0.1) is 5.82 Å². The quantitative estimate of drug-likeness (QED) is 0.552. The molecule has 1 amide bonds. The van der Waals surface area contributed by atoms with E-state index in [0.29, 0.717) is 45.0 Å². The van der Waals surface area contributed by atoms with Crippen molar-refractivity contribution in [3.05, 3.63) is 60.0 Å². The number of nitrogens with zero attached hydrogens (tertiary/aromatic N) is 4. The smallest absolute Gasteiger partial charge is 0.270 e. The van der Waals surface area contributed by atoms with E-state index in [2.05, 4.69) is 4.90 Å². The molecule has 3 aromatic rings. The Balaban J connectivity index is 1.54. The maximum Gasteiger partial charge on any atom is 0.270 e. The van der Waals surface area contributed by atoms with Crippen LogP contribution in [-0.2, 0) is 17.1 Å². The Labute approximate surface area is 194 Å². The highest BCUT2D eigenvalue weighted by atomic mass is 32.2. The summed E-state index contributed by atoms with van der Waals surface area (Å²) < 4.78 is 42.2. The SMILES string of the molecule is CCN(CC)S(=O)(=O)c1ccc2c(c1)cc(C(=O)N1CCN(c3ccc(F)cc3)CC1)n2C. The summed E-state index contributed by atoms with van der Waals surface area (Å²) in [6, 6.07) is 13.2. The van der Waals surface area contributed by atoms with Crippen molar-refractivity contribution in [1.82, 2.24) is 13.8 Å². The number of aryl methyl sites for hydroxylation is 1. The molecule has 2 aromatic carbocycles. The molecule has 0 spiro atoms. The zero-order valence-electron chi connectivity index (χ0n) is 19.2. The minimum atomic E-state index is -3.57. The maximum absolute atomic E-state index is 13.3. The van der Waals surface area contributed by atoms with Crippen LogP contribution in [0.1, 0.15) is 24.3 Å². The molecule has 1 aromatic heterocycles. The highest BCUT2D eigenvalue weighted by molar-refractivity contribution is 7.89. The van der Waals surface area contributed by atoms with Crippen LogP contribution in [0.5, 0.6) is 0 Å². The van der Waals surface area contributed by atoms with Gasteiger partial charge in [-0.2, -0.15) is 4.31 Å². The molecule has 33 heavy (non-hydrogen) atoms. The van der Waals surface area contributed by atoms with Gasteiger partial charge < -0.3 is 14.4 Å². The Morgan fingerprint density at radius 1 is 0.970 bits per heavy atom. The van der Waals surface area contributed by atoms with Crippen molar-refractivity contribution in [2.75, 3.05) is 44.2 Å². The molecule has 7 nitrogen and oxygen atoms in total. The number of sulfonamides is 1. The van der Waals surface area contributed by atoms with Crippen LogP contribution in [-0.4, -0.2) is 67.4 Å². The van der Waals surface area contributed by atoms with Gasteiger partial charge in [-0.05, 0) is 48.5 Å². The van der Waals surface area contributed by atoms with Crippen LogP contribution in [0.25, 0.3) is 10.9 Å². The monoisotopic (exact) mass is 472 g/mol. The number of halogens is 1. The van der Waals surface area contributed by atoms with E-state index in [-0.39, 0.29) is 16.6 Å². The van der Waals surface area contributed by atoms with E-state index < -0.39 is 10.0 Å². The molecule has 0 atom stereocenters. The molecule has 0 bridgehead atoms. The molecular formula is C24H29FN4O3S. The third kappa shape index (κ3) is 4.35. The van der Waals surface area contributed by atoms with Gasteiger partial charge in [-0.3, -0.25) is 4.79 Å². The summed E-state index contributed by atoms with van der Waals surface area (Å²) in [7, 11) is -1.75. The van der Waals surface area contributed by atoms with E-state index in [1.807, 2.05) is 30.4 Å². The molecule has 2 heterocycles. The number of aromatic nitrogens is 1. The lowest BCUT2D eigenvalue weighted by Gasteiger charge is -2.36. The predicted octanol–water partition coefficient (Wildman–Crippen LogP) is 3.31. The first-order valence-corrected chi connectivity index (χ1v) is 12.6. The molecule has 1 aliphatic heterocycles. The van der Waals surface area contributed by atoms with E-state index >= 15 is 0 Å². The fourth-order valence-electron chi connectivity index (χ4n) is 4.39. The van der Waals surface area contributed by atoms with Crippen LogP contribution in [0.3, 0.4) is 0 Å². The van der Waals surface area contributed by atoms with Gasteiger partial charge >= 0.3 is 0 Å². The number of anilines is 1. The fraction of sp³-hybridized carbons (Fsp3) is 0.375. The van der Waals surface area contributed by atoms with Crippen molar-refractivity contribution in [2.45, 2.75) is 18.7 Å². The number of amides is 1. The molecule has 0 aliphatic carbocycles. The van der Waals surface area contributed by atoms with Gasteiger partial charge in [-0.25, -0.2) is 12.8 Å². The van der Waals surface area contributed by atoms with Crippen molar-refractivity contribution in [3.8, 4) is 0 Å². The van der Waals surface area contributed by atoms with Gasteiger partial charge in [0.15, 0.2) is 0 Å². The molecular weight excluding hydrogens is 443 g/mol. The molecule has 1 aliphatic rings. The summed E-state index contributed by atoms with van der Waals surface area (Å²) in [5.41, 5.74) is 2.27. The average Bonchev–Trinajstić information content (AvgIpc) is 3.15. The molecule has 0 radical (unpaired) electrons. The van der Waals surface area contributed by atoms with Crippen LogP contribution in [0.4, 0.5) is 10.1 Å². The summed E-state index contributed by atoms with van der Waals surface area (Å²) in [5.74, 6) is -0.350. The van der Waals surface area contributed by atoms with Crippen molar-refractivity contribution in [1.29, 1.82) is 0 Å². The molecule has 0 saturated carbocycles. The van der Waals surface area contributed by atoms with Crippen molar-refractivity contribution >= 4 is 32.5 Å². The molecule has 176 valence electrons. The Hall–Kier alpha value is -2.91. The van der Waals surface area contributed by atoms with Crippen molar-refractivity contribution < 1.29 is 17.6 Å². The van der Waals surface area contributed by atoms with Gasteiger partial charge in [0, 0.05) is 62.9 Å². The van der Waals surface area contributed by atoms with Crippen molar-refractivity contribution in [3.63, 3.8) is 0 Å². The molecule has 4 rings (SSSR count). The largest absolute Gasteiger partial charge is 0.368 e. The third-order valence-electron chi connectivity index (χ3n) is 6.33. The molecule has 1 saturated heterocycles. The van der Waals surface area contributed by atoms with E-state index in [9.17, 15) is 17.6 Å². The van der Waals surface area contributed by atoms with E-state index in [1.165, 1.54) is 16.4 Å². The maximum atomic E-state index is 13.3. The molecule has 0 N–H and O–H groups in total. The topological polar surface area (TPSA) is 65.9 Å². The summed E-state index contributed by atoms with van der Waals surface area (Å²) in [4.78, 5) is 17.4. The van der Waals surface area contributed by atoms with Crippen LogP contribution >= 0.6 is 0 Å². The first-order valence-electron chi connectivity index (χ1n) is 11.2. The number of rotatable bonds is 6. The lowest BCUT2D eigenvalue weighted by atomic mass is 10.2. The number of carbonyl (C=O) groups excluding carboxylic acids is 1. The second kappa shape index (κ2) is 9.15. The Kier molecular flexibility index (Phi) is 6.45. The van der Waals surface area contributed by atoms with E-state index in [1.54, 1.807) is 36.4 Å². The molecule has 1 fully saturated rings. The number of fused-ring (bicyclic) bond motifs is 1. The summed E-state index contributed by atoms with van der Waals surface area (Å²) in [6.07, 6.45) is 0. The van der Waals surface area contributed by atoms with Gasteiger partial charge in [-0.15, -0.1) is 0 Å². The van der Waals surface area contributed by atoms with Gasteiger partial charge in [0.1, 0.15) is 11.5 Å². The Morgan fingerprint density at radius 2 is 1.61 bits per heavy atom. The molecule has 9 heteroatoms. The van der Waals surface area contributed by atoms with E-state index in [0.717, 1.165) is 16.6 Å². The normalized spacial score (nSPS) is 14.9. The number of benzene rings is 2. The lowest BCUT2D eigenvalue weighted by Crippen LogP contribution is -2.49. The fourth-order valence-corrected chi connectivity index (χ4v) is 5.88. The van der Waals surface area contributed by atoms with Crippen LogP contribution in [0.15, 0.2) is 53.4 Å². The standard InChI is InChI=1S/C24H29FN4O3S/c1-4-29(5-2)33(31,32)21-10-11-22-18(16-21)17-23(26(22)3)24(30)28-14-12-27(13-15-28)20-8-6-19(25)7-9-20/h6-11,16-17H,4-5,12-15H2,1-3H3. The average molecular weight is 473 g/mol. The zero-order chi connectivity index (χ0) is 23.8. The number of hydrogen-bond acceptors (Lipinski definition) is 4. The molecule has 0 unspecified atom stereocenters. The minimum Gasteiger partial charge on any atom is -0.368 e. The number of hydrogen-bond donors (Lipinski definition) is 0. The summed E-state index contributed by atoms with van der Waals surface area (Å²) in [5, 5.41) is 0.721. The van der Waals surface area contributed by atoms with Gasteiger partial charge in [0.2, 0.25) is 10.0 Å². The Morgan fingerprint density at radius 3 is 2.21 bits per heavy atom. The predicted molar refractivity (Wildman–Crippen MR) is 128 cm³/mol. The van der Waals surface area contributed by atoms with Crippen LogP contribution in [0.2, 0.25) is 0 Å². The van der Waals surface area contributed by atoms with Crippen LogP contribution < -0.4 is 4.90 Å². The number of carbonyl (C=O) groups is 1.